The van der Waals surface area contributed by atoms with E-state index in [0.29, 0.717) is 18.0 Å². The number of carbonyl (C=O) groups is 2. The number of nitrogens with zero attached hydrogens (tertiary/aromatic N) is 2. The quantitative estimate of drug-likeness (QED) is 0.775. The second-order valence-corrected chi connectivity index (χ2v) is 6.49. The fourth-order valence-corrected chi connectivity index (χ4v) is 3.32. The summed E-state index contributed by atoms with van der Waals surface area (Å²) in [5, 5.41) is 12.6. The Morgan fingerprint density at radius 2 is 2.17 bits per heavy atom. The van der Waals surface area contributed by atoms with E-state index in [1.807, 2.05) is 29.6 Å². The van der Waals surface area contributed by atoms with Gasteiger partial charge >= 0.3 is 0 Å². The van der Waals surface area contributed by atoms with E-state index in [1.54, 1.807) is 17.2 Å². The number of thiophene rings is 1. The zero-order valence-electron chi connectivity index (χ0n) is 12.2. The predicted octanol–water partition coefficient (Wildman–Crippen LogP) is 2.34. The number of benzene rings is 1. The lowest BCUT2D eigenvalue weighted by Gasteiger charge is -2.37. The van der Waals surface area contributed by atoms with Crippen molar-refractivity contribution in [2.75, 3.05) is 18.4 Å². The molecule has 0 atom stereocenters. The summed E-state index contributed by atoms with van der Waals surface area (Å²) < 4.78 is 0. The Hall–Kier alpha value is -2.67. The van der Waals surface area contributed by atoms with Gasteiger partial charge in [0.25, 0.3) is 5.91 Å². The van der Waals surface area contributed by atoms with Gasteiger partial charge in [0.05, 0.1) is 22.5 Å². The lowest BCUT2D eigenvalue weighted by Crippen LogP contribution is -2.54. The molecule has 3 heterocycles. The van der Waals surface area contributed by atoms with Crippen LogP contribution in [-0.4, -0.2) is 40.0 Å². The van der Waals surface area contributed by atoms with E-state index in [9.17, 15) is 9.59 Å². The summed E-state index contributed by atoms with van der Waals surface area (Å²) in [5.41, 5.74) is 1.61. The van der Waals surface area contributed by atoms with E-state index in [-0.39, 0.29) is 17.7 Å². The largest absolute Gasteiger partial charge is 0.336 e. The molecule has 7 heteroatoms. The number of hydrogen-bond acceptors (Lipinski definition) is 4. The molecule has 4 rings (SSSR count). The molecule has 1 aliphatic rings. The van der Waals surface area contributed by atoms with Gasteiger partial charge in [0, 0.05) is 24.2 Å². The molecule has 1 saturated heterocycles. The molecule has 3 aromatic rings. The lowest BCUT2D eigenvalue weighted by molar-refractivity contribution is -0.123. The maximum Gasteiger partial charge on any atom is 0.263 e. The van der Waals surface area contributed by atoms with E-state index in [4.69, 9.17) is 0 Å². The number of fused-ring (bicyclic) bond motifs is 1. The number of anilines is 1. The van der Waals surface area contributed by atoms with E-state index in [2.05, 4.69) is 15.5 Å². The molecule has 2 N–H and O–H groups in total. The van der Waals surface area contributed by atoms with Crippen LogP contribution < -0.4 is 5.32 Å². The zero-order valence-corrected chi connectivity index (χ0v) is 13.0. The minimum absolute atomic E-state index is 0.00271. The highest BCUT2D eigenvalue weighted by Crippen LogP contribution is 2.23. The molecule has 1 aromatic carbocycles. The van der Waals surface area contributed by atoms with Crippen molar-refractivity contribution in [2.45, 2.75) is 0 Å². The van der Waals surface area contributed by atoms with Crippen LogP contribution in [0.15, 0.2) is 41.9 Å². The molecule has 2 amide bonds. The molecule has 0 aliphatic carbocycles. The Morgan fingerprint density at radius 3 is 2.96 bits per heavy atom. The van der Waals surface area contributed by atoms with Crippen molar-refractivity contribution in [3.63, 3.8) is 0 Å². The Kier molecular flexibility index (Phi) is 3.34. The molecule has 23 heavy (non-hydrogen) atoms. The molecule has 6 nitrogen and oxygen atoms in total. The van der Waals surface area contributed by atoms with Crippen LogP contribution in [0.25, 0.3) is 10.9 Å². The van der Waals surface area contributed by atoms with Gasteiger partial charge in [-0.1, -0.05) is 6.07 Å². The fourth-order valence-electron chi connectivity index (χ4n) is 2.63. The number of carbonyl (C=O) groups excluding carboxylic acids is 2. The number of amides is 2. The number of aromatic amines is 1. The summed E-state index contributed by atoms with van der Waals surface area (Å²) in [4.78, 5) is 26.8. The molecule has 2 aromatic heterocycles. The standard InChI is InChI=1S/C16H14N4O2S/c21-15(18-12-4-3-10-7-17-19-13(10)6-12)11-8-20(9-11)16(22)14-2-1-5-23-14/h1-7,11H,8-9H2,(H,17,19)(H,18,21). The van der Waals surface area contributed by atoms with Crippen molar-refractivity contribution in [3.05, 3.63) is 46.8 Å². The van der Waals surface area contributed by atoms with Gasteiger partial charge in [-0.2, -0.15) is 5.10 Å². The first kappa shape index (κ1) is 14.0. The number of hydrogen-bond donors (Lipinski definition) is 2. The molecule has 0 spiro atoms. The normalized spacial score (nSPS) is 14.7. The average molecular weight is 326 g/mol. The highest BCUT2D eigenvalue weighted by Gasteiger charge is 2.36. The molecule has 0 bridgehead atoms. The smallest absolute Gasteiger partial charge is 0.263 e. The number of nitrogens with one attached hydrogen (secondary N) is 2. The van der Waals surface area contributed by atoms with Crippen molar-refractivity contribution in [1.82, 2.24) is 15.1 Å². The van der Waals surface area contributed by atoms with Crippen molar-refractivity contribution >= 4 is 39.7 Å². The first-order valence-electron chi connectivity index (χ1n) is 7.27. The molecule has 0 saturated carbocycles. The van der Waals surface area contributed by atoms with Gasteiger partial charge < -0.3 is 10.2 Å². The van der Waals surface area contributed by atoms with Gasteiger partial charge in [0.2, 0.25) is 5.91 Å². The fraction of sp³-hybridized carbons (Fsp3) is 0.188. The highest BCUT2D eigenvalue weighted by molar-refractivity contribution is 7.12. The number of rotatable bonds is 3. The third-order valence-electron chi connectivity index (χ3n) is 3.98. The van der Waals surface area contributed by atoms with E-state index >= 15 is 0 Å². The molecule has 1 aliphatic heterocycles. The van der Waals surface area contributed by atoms with Crippen LogP contribution >= 0.6 is 11.3 Å². The Labute approximate surface area is 136 Å². The van der Waals surface area contributed by atoms with Crippen LogP contribution in [0.4, 0.5) is 5.69 Å². The summed E-state index contributed by atoms with van der Waals surface area (Å²) in [6.07, 6.45) is 1.74. The third kappa shape index (κ3) is 2.59. The number of likely N-dealkylation sites (tertiary alicyclic amines) is 1. The van der Waals surface area contributed by atoms with Crippen LogP contribution in [0, 0.1) is 5.92 Å². The van der Waals surface area contributed by atoms with E-state index < -0.39 is 0 Å². The summed E-state index contributed by atoms with van der Waals surface area (Å²) in [6, 6.07) is 9.27. The predicted molar refractivity (Wildman–Crippen MR) is 88.4 cm³/mol. The van der Waals surface area contributed by atoms with Crippen LogP contribution in [0.5, 0.6) is 0 Å². The summed E-state index contributed by atoms with van der Waals surface area (Å²) in [6.45, 7) is 0.934. The number of H-pyrrole nitrogens is 1. The minimum Gasteiger partial charge on any atom is -0.336 e. The SMILES string of the molecule is O=C(Nc1ccc2cn[nH]c2c1)C1CN(C(=O)c2cccs2)C1. The minimum atomic E-state index is -0.156. The van der Waals surface area contributed by atoms with Gasteiger partial charge in [-0.05, 0) is 29.6 Å². The van der Waals surface area contributed by atoms with Gasteiger partial charge in [-0.15, -0.1) is 11.3 Å². The second kappa shape index (κ2) is 5.51. The van der Waals surface area contributed by atoms with Crippen molar-refractivity contribution in [1.29, 1.82) is 0 Å². The topological polar surface area (TPSA) is 78.1 Å². The first-order valence-corrected chi connectivity index (χ1v) is 8.15. The molecular weight excluding hydrogens is 312 g/mol. The Bertz CT molecular complexity index is 865. The molecule has 1 fully saturated rings. The first-order chi connectivity index (χ1) is 11.2. The summed E-state index contributed by atoms with van der Waals surface area (Å²) in [7, 11) is 0. The van der Waals surface area contributed by atoms with Crippen LogP contribution in [-0.2, 0) is 4.79 Å². The summed E-state index contributed by atoms with van der Waals surface area (Å²) in [5.74, 6) is -0.210. The van der Waals surface area contributed by atoms with E-state index in [1.165, 1.54) is 11.3 Å². The molecule has 116 valence electrons. The van der Waals surface area contributed by atoms with Crippen molar-refractivity contribution in [3.8, 4) is 0 Å². The van der Waals surface area contributed by atoms with Gasteiger partial charge in [0.15, 0.2) is 0 Å². The zero-order chi connectivity index (χ0) is 15.8. The third-order valence-corrected chi connectivity index (χ3v) is 4.84. The Balaban J connectivity index is 1.36. The van der Waals surface area contributed by atoms with Crippen LogP contribution in [0.1, 0.15) is 9.67 Å². The van der Waals surface area contributed by atoms with Crippen molar-refractivity contribution < 1.29 is 9.59 Å². The summed E-state index contributed by atoms with van der Waals surface area (Å²) >= 11 is 1.42. The molecular formula is C16H14N4O2S. The van der Waals surface area contributed by atoms with Crippen LogP contribution in [0.2, 0.25) is 0 Å². The second-order valence-electron chi connectivity index (χ2n) is 5.55. The Morgan fingerprint density at radius 1 is 1.30 bits per heavy atom. The number of aromatic nitrogens is 2. The van der Waals surface area contributed by atoms with Gasteiger partial charge in [0.1, 0.15) is 0 Å². The lowest BCUT2D eigenvalue weighted by atomic mass is 9.98. The molecule has 0 radical (unpaired) electrons. The maximum atomic E-state index is 12.3. The van der Waals surface area contributed by atoms with Crippen molar-refractivity contribution in [2.24, 2.45) is 5.92 Å². The molecule has 0 unspecified atom stereocenters. The highest BCUT2D eigenvalue weighted by atomic mass is 32.1. The van der Waals surface area contributed by atoms with Gasteiger partial charge in [-0.3, -0.25) is 14.7 Å². The van der Waals surface area contributed by atoms with Crippen LogP contribution in [0.3, 0.4) is 0 Å². The average Bonchev–Trinajstić information content (AvgIpc) is 3.16. The van der Waals surface area contributed by atoms with Gasteiger partial charge in [-0.25, -0.2) is 0 Å². The maximum absolute atomic E-state index is 12.3. The monoisotopic (exact) mass is 326 g/mol. The van der Waals surface area contributed by atoms with E-state index in [0.717, 1.165) is 16.6 Å².